The maximum atomic E-state index is 11.8. The highest BCUT2D eigenvalue weighted by Gasteiger charge is 2.25. The SMILES string of the molecule is NCC(=O)NCC(=O)NCC(=O)NCC(=O)N[C@@H](CO)C(=O)N[C@@H](CO)C(=O)O. The number of nitrogens with two attached hydrogens (primary N) is 1. The van der Waals surface area contributed by atoms with Crippen LogP contribution in [-0.2, 0) is 28.8 Å². The van der Waals surface area contributed by atoms with Gasteiger partial charge in [-0.3, -0.25) is 24.0 Å². The van der Waals surface area contributed by atoms with Crippen molar-refractivity contribution in [1.29, 1.82) is 0 Å². The summed E-state index contributed by atoms with van der Waals surface area (Å²) in [5, 5.41) is 37.2. The van der Waals surface area contributed by atoms with Crippen LogP contribution in [0.5, 0.6) is 0 Å². The Hall–Kier alpha value is -3.30. The van der Waals surface area contributed by atoms with Crippen molar-refractivity contribution in [3.05, 3.63) is 0 Å². The highest BCUT2D eigenvalue weighted by molar-refractivity contribution is 5.93. The zero-order chi connectivity index (χ0) is 22.4. The van der Waals surface area contributed by atoms with E-state index in [0.29, 0.717) is 0 Å². The van der Waals surface area contributed by atoms with E-state index in [4.69, 9.17) is 21.1 Å². The van der Waals surface area contributed by atoms with E-state index in [2.05, 4.69) is 21.3 Å². The summed E-state index contributed by atoms with van der Waals surface area (Å²) in [5.41, 5.74) is 5.03. The first-order valence-corrected chi connectivity index (χ1v) is 8.19. The molecule has 15 heteroatoms. The molecule has 0 unspecified atom stereocenters. The number of nitrogens with one attached hydrogen (secondary N) is 5. The molecule has 0 aliphatic heterocycles. The number of rotatable bonds is 13. The Morgan fingerprint density at radius 2 is 1.14 bits per heavy atom. The minimum atomic E-state index is -1.62. The van der Waals surface area contributed by atoms with Gasteiger partial charge < -0.3 is 47.6 Å². The molecule has 5 amide bonds. The van der Waals surface area contributed by atoms with Gasteiger partial charge in [-0.25, -0.2) is 4.79 Å². The molecule has 164 valence electrons. The average molecular weight is 420 g/mol. The van der Waals surface area contributed by atoms with E-state index in [9.17, 15) is 28.8 Å². The molecular formula is C14H24N6O9. The molecule has 0 aromatic heterocycles. The third-order valence-corrected chi connectivity index (χ3v) is 3.16. The number of aliphatic hydroxyl groups excluding tert-OH is 2. The van der Waals surface area contributed by atoms with Crippen molar-refractivity contribution in [2.24, 2.45) is 5.73 Å². The molecule has 0 spiro atoms. The molecule has 0 radical (unpaired) electrons. The van der Waals surface area contributed by atoms with Crippen LogP contribution >= 0.6 is 0 Å². The molecule has 0 bridgehead atoms. The standard InChI is InChI=1S/C14H24N6O9/c15-1-9(23)16-2-10(24)17-3-11(25)18-4-12(26)19-7(5-21)13(27)20-8(6-22)14(28)29/h7-8,21-22H,1-6,15H2,(H,16,23)(H,17,24)(H,18,25)(H,19,26)(H,20,27)(H,28,29)/t7-,8-/m0/s1. The highest BCUT2D eigenvalue weighted by atomic mass is 16.4. The van der Waals surface area contributed by atoms with Gasteiger partial charge in [0.05, 0.1) is 39.4 Å². The van der Waals surface area contributed by atoms with Crippen molar-refractivity contribution >= 4 is 35.5 Å². The fourth-order valence-corrected chi connectivity index (χ4v) is 1.63. The van der Waals surface area contributed by atoms with Crippen LogP contribution in [0.3, 0.4) is 0 Å². The predicted molar refractivity (Wildman–Crippen MR) is 93.8 cm³/mol. The molecule has 0 saturated carbocycles. The number of hydrogen-bond donors (Lipinski definition) is 9. The first-order valence-electron chi connectivity index (χ1n) is 8.19. The number of hydrogen-bond acceptors (Lipinski definition) is 9. The van der Waals surface area contributed by atoms with E-state index in [0.717, 1.165) is 0 Å². The molecule has 0 aromatic carbocycles. The Morgan fingerprint density at radius 1 is 0.690 bits per heavy atom. The molecule has 10 N–H and O–H groups in total. The summed E-state index contributed by atoms with van der Waals surface area (Å²) >= 11 is 0. The van der Waals surface area contributed by atoms with Gasteiger partial charge in [0.1, 0.15) is 12.1 Å². The molecule has 0 aromatic rings. The van der Waals surface area contributed by atoms with E-state index in [1.165, 1.54) is 0 Å². The van der Waals surface area contributed by atoms with E-state index < -0.39 is 73.9 Å². The molecule has 29 heavy (non-hydrogen) atoms. The normalized spacial score (nSPS) is 12.1. The largest absolute Gasteiger partial charge is 0.480 e. The van der Waals surface area contributed by atoms with Crippen LogP contribution in [0.25, 0.3) is 0 Å². The van der Waals surface area contributed by atoms with Gasteiger partial charge in [-0.1, -0.05) is 0 Å². The second-order valence-corrected chi connectivity index (χ2v) is 5.42. The Kier molecular flexibility index (Phi) is 12.2. The lowest BCUT2D eigenvalue weighted by Crippen LogP contribution is -2.55. The van der Waals surface area contributed by atoms with Crippen LogP contribution in [0.1, 0.15) is 0 Å². The molecule has 0 heterocycles. The van der Waals surface area contributed by atoms with E-state index >= 15 is 0 Å². The minimum Gasteiger partial charge on any atom is -0.480 e. The number of carbonyl (C=O) groups excluding carboxylic acids is 5. The summed E-state index contributed by atoms with van der Waals surface area (Å²) in [4.78, 5) is 68.1. The van der Waals surface area contributed by atoms with Gasteiger partial charge in [0.25, 0.3) is 0 Å². The van der Waals surface area contributed by atoms with E-state index in [1.54, 1.807) is 0 Å². The summed E-state index contributed by atoms with van der Waals surface area (Å²) in [6, 6.07) is -3.13. The fraction of sp³-hybridized carbons (Fsp3) is 0.571. The number of carboxylic acids is 1. The second kappa shape index (κ2) is 13.8. The van der Waals surface area contributed by atoms with Gasteiger partial charge in [-0.05, 0) is 0 Å². The monoisotopic (exact) mass is 420 g/mol. The number of aliphatic carboxylic acids is 1. The van der Waals surface area contributed by atoms with Crippen molar-refractivity contribution in [1.82, 2.24) is 26.6 Å². The van der Waals surface area contributed by atoms with Crippen LogP contribution in [0.2, 0.25) is 0 Å². The van der Waals surface area contributed by atoms with Gasteiger partial charge >= 0.3 is 5.97 Å². The zero-order valence-corrected chi connectivity index (χ0v) is 15.3. The number of aliphatic hydroxyl groups is 2. The molecule has 15 nitrogen and oxygen atoms in total. The van der Waals surface area contributed by atoms with Crippen molar-refractivity contribution < 1.29 is 44.1 Å². The Balaban J connectivity index is 4.29. The maximum Gasteiger partial charge on any atom is 0.328 e. The van der Waals surface area contributed by atoms with Gasteiger partial charge in [-0.15, -0.1) is 0 Å². The topological polar surface area (TPSA) is 249 Å². The molecule has 2 atom stereocenters. The van der Waals surface area contributed by atoms with Crippen molar-refractivity contribution in [2.45, 2.75) is 12.1 Å². The first kappa shape index (κ1) is 25.7. The lowest BCUT2D eigenvalue weighted by atomic mass is 10.2. The van der Waals surface area contributed by atoms with Crippen molar-refractivity contribution in [2.75, 3.05) is 39.4 Å². The highest BCUT2D eigenvalue weighted by Crippen LogP contribution is 1.88. The Morgan fingerprint density at radius 3 is 1.55 bits per heavy atom. The Labute approximate surface area is 164 Å². The third-order valence-electron chi connectivity index (χ3n) is 3.16. The number of carboxylic acid groups (broad SMARTS) is 1. The smallest absolute Gasteiger partial charge is 0.328 e. The molecular weight excluding hydrogens is 396 g/mol. The van der Waals surface area contributed by atoms with E-state index in [1.807, 2.05) is 5.32 Å². The second-order valence-electron chi connectivity index (χ2n) is 5.42. The van der Waals surface area contributed by atoms with Gasteiger partial charge in [0.15, 0.2) is 0 Å². The van der Waals surface area contributed by atoms with Gasteiger partial charge in [0.2, 0.25) is 29.5 Å². The van der Waals surface area contributed by atoms with Crippen LogP contribution in [0.15, 0.2) is 0 Å². The molecule has 0 aliphatic carbocycles. The minimum absolute atomic E-state index is 0.299. The van der Waals surface area contributed by atoms with Crippen LogP contribution in [0, 0.1) is 0 Å². The number of carbonyl (C=O) groups is 6. The van der Waals surface area contributed by atoms with E-state index in [-0.39, 0.29) is 13.1 Å². The fourth-order valence-electron chi connectivity index (χ4n) is 1.63. The summed E-state index contributed by atoms with van der Waals surface area (Å²) in [5.74, 6) is -5.43. The predicted octanol–water partition coefficient (Wildman–Crippen LogP) is -6.67. The van der Waals surface area contributed by atoms with Crippen molar-refractivity contribution in [3.8, 4) is 0 Å². The maximum absolute atomic E-state index is 11.8. The summed E-state index contributed by atoms with van der Waals surface area (Å²) < 4.78 is 0. The molecule has 0 saturated heterocycles. The molecule has 0 fully saturated rings. The lowest BCUT2D eigenvalue weighted by Gasteiger charge is -2.19. The third kappa shape index (κ3) is 11.2. The van der Waals surface area contributed by atoms with Crippen LogP contribution < -0.4 is 32.3 Å². The first-order chi connectivity index (χ1) is 13.6. The zero-order valence-electron chi connectivity index (χ0n) is 15.3. The van der Waals surface area contributed by atoms with Crippen molar-refractivity contribution in [3.63, 3.8) is 0 Å². The Bertz CT molecular complexity index is 627. The van der Waals surface area contributed by atoms with Crippen LogP contribution in [0.4, 0.5) is 0 Å². The average Bonchev–Trinajstić information content (AvgIpc) is 2.70. The summed E-state index contributed by atoms with van der Waals surface area (Å²) in [6.45, 7) is -3.55. The van der Waals surface area contributed by atoms with Gasteiger partial charge in [-0.2, -0.15) is 0 Å². The molecule has 0 rings (SSSR count). The summed E-state index contributed by atoms with van der Waals surface area (Å²) in [7, 11) is 0. The summed E-state index contributed by atoms with van der Waals surface area (Å²) in [6.07, 6.45) is 0. The van der Waals surface area contributed by atoms with Gasteiger partial charge in [0, 0.05) is 0 Å². The lowest BCUT2D eigenvalue weighted by molar-refractivity contribution is -0.143. The molecule has 0 aliphatic rings. The number of amides is 5. The quantitative estimate of drug-likeness (QED) is 0.136. The van der Waals surface area contributed by atoms with Crippen LogP contribution in [-0.4, -0.2) is 102 Å².